The minimum Gasteiger partial charge on any atom is -0.383 e. The average molecular weight is 242 g/mol. The van der Waals surface area contributed by atoms with E-state index in [0.29, 0.717) is 20.3 Å². The fourth-order valence-corrected chi connectivity index (χ4v) is 1.18. The lowest BCUT2D eigenvalue weighted by Gasteiger charge is -1.99. The zero-order valence-electron chi connectivity index (χ0n) is 4.74. The van der Waals surface area contributed by atoms with Gasteiger partial charge in [0, 0.05) is 6.20 Å². The first-order valence-electron chi connectivity index (χ1n) is 2.38. The normalized spacial score (nSPS) is 9.90. The molecule has 54 valence electrons. The van der Waals surface area contributed by atoms with Gasteiger partial charge in [-0.25, -0.2) is 4.98 Å². The van der Waals surface area contributed by atoms with Crippen LogP contribution in [-0.2, 0) is 0 Å². The van der Waals surface area contributed by atoms with Crippen molar-refractivity contribution in [2.45, 2.75) is 0 Å². The molecule has 1 heterocycles. The number of pyridine rings is 1. The molecule has 1 aromatic heterocycles. The minimum atomic E-state index is 0.342. The van der Waals surface area contributed by atoms with E-state index in [0.717, 1.165) is 0 Å². The van der Waals surface area contributed by atoms with E-state index < -0.39 is 0 Å². The first-order chi connectivity index (χ1) is 4.63. The predicted octanol–water partition coefficient (Wildman–Crippen LogP) is 2.73. The van der Waals surface area contributed by atoms with E-state index in [1.165, 1.54) is 6.20 Å². The Bertz CT molecular complexity index is 237. The van der Waals surface area contributed by atoms with E-state index in [1.54, 1.807) is 0 Å². The second kappa shape index (κ2) is 2.95. The highest BCUT2D eigenvalue weighted by Gasteiger charge is 2.05. The molecule has 0 saturated heterocycles. The number of aromatic nitrogens is 1. The summed E-state index contributed by atoms with van der Waals surface area (Å²) in [5.41, 5.74) is 5.39. The van der Waals surface area contributed by atoms with E-state index >= 15 is 0 Å². The standard InChI is InChI=1S/C5H3BrCl2N2/c6-3-4(8)2(7)1-10-5(3)9/h1H,(H2,9,10). The maximum Gasteiger partial charge on any atom is 0.139 e. The largest absolute Gasteiger partial charge is 0.383 e. The highest BCUT2D eigenvalue weighted by Crippen LogP contribution is 2.32. The molecular weight excluding hydrogens is 239 g/mol. The lowest BCUT2D eigenvalue weighted by Crippen LogP contribution is -1.91. The van der Waals surface area contributed by atoms with E-state index in [1.807, 2.05) is 0 Å². The summed E-state index contributed by atoms with van der Waals surface area (Å²) in [6, 6.07) is 0. The Kier molecular flexibility index (Phi) is 2.39. The second-order valence-corrected chi connectivity index (χ2v) is 3.20. The SMILES string of the molecule is Nc1ncc(Cl)c(Cl)c1Br. The molecule has 0 unspecified atom stereocenters. The van der Waals surface area contributed by atoms with Crippen molar-refractivity contribution in [1.82, 2.24) is 4.98 Å². The first-order valence-corrected chi connectivity index (χ1v) is 3.93. The summed E-state index contributed by atoms with van der Waals surface area (Å²) in [5, 5.41) is 0.789. The molecule has 5 heteroatoms. The van der Waals surface area contributed by atoms with Gasteiger partial charge in [-0.3, -0.25) is 0 Å². The molecule has 0 aliphatic carbocycles. The monoisotopic (exact) mass is 240 g/mol. The van der Waals surface area contributed by atoms with Crippen molar-refractivity contribution in [2.75, 3.05) is 5.73 Å². The summed E-state index contributed by atoms with van der Waals surface area (Å²) in [5.74, 6) is 0.342. The number of nitrogens with two attached hydrogens (primary N) is 1. The number of anilines is 1. The lowest BCUT2D eigenvalue weighted by molar-refractivity contribution is 1.32. The van der Waals surface area contributed by atoms with Crippen LogP contribution in [-0.4, -0.2) is 4.98 Å². The molecule has 0 aliphatic rings. The van der Waals surface area contributed by atoms with Crippen LogP contribution >= 0.6 is 39.1 Å². The highest BCUT2D eigenvalue weighted by atomic mass is 79.9. The van der Waals surface area contributed by atoms with Crippen molar-refractivity contribution < 1.29 is 0 Å². The van der Waals surface area contributed by atoms with Crippen LogP contribution in [0, 0.1) is 0 Å². The Morgan fingerprint density at radius 3 is 2.60 bits per heavy atom. The molecule has 1 rings (SSSR count). The summed E-state index contributed by atoms with van der Waals surface area (Å²) >= 11 is 14.4. The molecule has 0 saturated carbocycles. The van der Waals surface area contributed by atoms with Crippen LogP contribution in [0.1, 0.15) is 0 Å². The van der Waals surface area contributed by atoms with Crippen LogP contribution in [0.25, 0.3) is 0 Å². The Morgan fingerprint density at radius 1 is 1.50 bits per heavy atom. The van der Waals surface area contributed by atoms with E-state index in [2.05, 4.69) is 20.9 Å². The van der Waals surface area contributed by atoms with Gasteiger partial charge < -0.3 is 5.73 Å². The van der Waals surface area contributed by atoms with Gasteiger partial charge in [0.25, 0.3) is 0 Å². The van der Waals surface area contributed by atoms with Crippen molar-refractivity contribution in [1.29, 1.82) is 0 Å². The molecule has 1 aromatic rings. The van der Waals surface area contributed by atoms with Crippen LogP contribution in [0.3, 0.4) is 0 Å². The Hall–Kier alpha value is 0.01000. The zero-order valence-corrected chi connectivity index (χ0v) is 7.83. The van der Waals surface area contributed by atoms with Gasteiger partial charge in [0.1, 0.15) is 5.82 Å². The van der Waals surface area contributed by atoms with Crippen molar-refractivity contribution in [3.05, 3.63) is 20.7 Å². The third-order valence-corrected chi connectivity index (χ3v) is 2.75. The Labute approximate surface area is 76.5 Å². The average Bonchev–Trinajstić information content (AvgIpc) is 1.93. The topological polar surface area (TPSA) is 38.9 Å². The molecule has 0 amide bonds. The fraction of sp³-hybridized carbons (Fsp3) is 0. The zero-order chi connectivity index (χ0) is 7.72. The second-order valence-electron chi connectivity index (χ2n) is 1.62. The molecule has 2 nitrogen and oxygen atoms in total. The van der Waals surface area contributed by atoms with E-state index in [9.17, 15) is 0 Å². The predicted molar refractivity (Wildman–Crippen MR) is 46.4 cm³/mol. The fourth-order valence-electron chi connectivity index (χ4n) is 0.457. The van der Waals surface area contributed by atoms with Crippen molar-refractivity contribution in [3.63, 3.8) is 0 Å². The number of halogens is 3. The first kappa shape index (κ1) is 8.11. The van der Waals surface area contributed by atoms with Crippen molar-refractivity contribution in [2.24, 2.45) is 0 Å². The van der Waals surface area contributed by atoms with Crippen LogP contribution < -0.4 is 5.73 Å². The Morgan fingerprint density at radius 2 is 2.10 bits per heavy atom. The van der Waals surface area contributed by atoms with Gasteiger partial charge in [-0.2, -0.15) is 0 Å². The molecule has 0 atom stereocenters. The van der Waals surface area contributed by atoms with Crippen LogP contribution in [0.5, 0.6) is 0 Å². The summed E-state index contributed by atoms with van der Waals surface area (Å²) in [6.45, 7) is 0. The van der Waals surface area contributed by atoms with E-state index in [-0.39, 0.29) is 0 Å². The molecule has 10 heavy (non-hydrogen) atoms. The van der Waals surface area contributed by atoms with Gasteiger partial charge in [0.2, 0.25) is 0 Å². The maximum absolute atomic E-state index is 5.68. The molecule has 2 N–H and O–H groups in total. The summed E-state index contributed by atoms with van der Waals surface area (Å²) < 4.78 is 0.543. The molecule has 0 aliphatic heterocycles. The highest BCUT2D eigenvalue weighted by molar-refractivity contribution is 9.10. The Balaban J connectivity index is 3.34. The van der Waals surface area contributed by atoms with Crippen molar-refractivity contribution >= 4 is 44.9 Å². The van der Waals surface area contributed by atoms with Gasteiger partial charge in [-0.05, 0) is 15.9 Å². The van der Waals surface area contributed by atoms with Crippen LogP contribution in [0.2, 0.25) is 10.0 Å². The summed E-state index contributed by atoms with van der Waals surface area (Å²) in [6.07, 6.45) is 1.41. The van der Waals surface area contributed by atoms with Crippen LogP contribution in [0.15, 0.2) is 10.7 Å². The smallest absolute Gasteiger partial charge is 0.139 e. The van der Waals surface area contributed by atoms with Gasteiger partial charge >= 0.3 is 0 Å². The number of nitrogens with zero attached hydrogens (tertiary/aromatic N) is 1. The molecule has 0 aromatic carbocycles. The molecular formula is C5H3BrCl2N2. The number of hydrogen-bond acceptors (Lipinski definition) is 2. The molecule has 0 spiro atoms. The molecule has 0 fully saturated rings. The quantitative estimate of drug-likeness (QED) is 0.759. The van der Waals surface area contributed by atoms with E-state index in [4.69, 9.17) is 28.9 Å². The molecule has 0 radical (unpaired) electrons. The third kappa shape index (κ3) is 1.36. The molecule has 0 bridgehead atoms. The summed E-state index contributed by atoms with van der Waals surface area (Å²) in [7, 11) is 0. The van der Waals surface area contributed by atoms with Gasteiger partial charge in [0.15, 0.2) is 0 Å². The lowest BCUT2D eigenvalue weighted by atomic mass is 10.5. The van der Waals surface area contributed by atoms with Gasteiger partial charge in [0.05, 0.1) is 14.5 Å². The van der Waals surface area contributed by atoms with Crippen molar-refractivity contribution in [3.8, 4) is 0 Å². The number of rotatable bonds is 0. The summed E-state index contributed by atoms with van der Waals surface area (Å²) in [4.78, 5) is 3.75. The van der Waals surface area contributed by atoms with Crippen LogP contribution in [0.4, 0.5) is 5.82 Å². The number of hydrogen-bond donors (Lipinski definition) is 1. The van der Waals surface area contributed by atoms with Gasteiger partial charge in [-0.15, -0.1) is 0 Å². The van der Waals surface area contributed by atoms with Gasteiger partial charge in [-0.1, -0.05) is 23.2 Å². The minimum absolute atomic E-state index is 0.342. The number of nitrogen functional groups attached to an aromatic ring is 1. The third-order valence-electron chi connectivity index (χ3n) is 0.944. The maximum atomic E-state index is 5.68.